The Kier molecular flexibility index (Phi) is 23.5. The molecule has 0 bridgehead atoms. The quantitative estimate of drug-likeness (QED) is 0.0405. The van der Waals surface area contributed by atoms with Crippen LogP contribution >= 0.6 is 0 Å². The van der Waals surface area contributed by atoms with Gasteiger partial charge in [0.2, 0.25) is 51.1 Å². The lowest BCUT2D eigenvalue weighted by atomic mass is 10.1. The molecule has 0 unspecified atom stereocenters. The van der Waals surface area contributed by atoms with Gasteiger partial charge in [0.1, 0.15) is 47.7 Å². The Hall–Kier alpha value is -11.8. The van der Waals surface area contributed by atoms with Crippen molar-refractivity contribution in [2.45, 2.75) is 60.2 Å². The van der Waals surface area contributed by atoms with E-state index in [0.29, 0.717) is 40.9 Å². The monoisotopic (exact) mass is 1300 g/mol. The molecule has 0 saturated carbocycles. The number of ether oxygens (including phenoxy) is 12. The molecule has 4 N–H and O–H groups in total. The Morgan fingerprint density at radius 1 is 0.526 bits per heavy atom. The van der Waals surface area contributed by atoms with E-state index >= 15 is 0 Å². The van der Waals surface area contributed by atoms with E-state index in [1.165, 1.54) is 43.7 Å². The molecule has 7 heterocycles. The third-order valence-electron chi connectivity index (χ3n) is 14.2. The van der Waals surface area contributed by atoms with E-state index in [9.17, 15) is 44.4 Å². The second-order valence-corrected chi connectivity index (χ2v) is 21.5. The van der Waals surface area contributed by atoms with Crippen LogP contribution in [0, 0.1) is 5.92 Å². The summed E-state index contributed by atoms with van der Waals surface area (Å²) >= 11 is 0. The first-order valence-corrected chi connectivity index (χ1v) is 30.0. The van der Waals surface area contributed by atoms with Crippen LogP contribution in [0.25, 0.3) is 34.4 Å². The number of hydrogen-bond acceptors (Lipinski definition) is 22. The van der Waals surface area contributed by atoms with Gasteiger partial charge in [-0.15, -0.1) is 0 Å². The zero-order chi connectivity index (χ0) is 67.2. The van der Waals surface area contributed by atoms with Crippen molar-refractivity contribution >= 4 is 47.3 Å². The number of allylic oxidation sites excluding steroid dienone is 3. The molecule has 95 heavy (non-hydrogen) atoms. The van der Waals surface area contributed by atoms with Crippen LogP contribution in [-0.2, 0) is 37.1 Å². The Bertz CT molecular complexity index is 4170. The summed E-state index contributed by atoms with van der Waals surface area (Å²) in [4.78, 5) is 58.1. The molecule has 6 aliphatic heterocycles. The summed E-state index contributed by atoms with van der Waals surface area (Å²) in [7, 11) is 0. The molecule has 494 valence electrons. The zero-order valence-corrected chi connectivity index (χ0v) is 52.3. The molecule has 23 heteroatoms. The summed E-state index contributed by atoms with van der Waals surface area (Å²) in [5.41, 5.74) is 4.07. The standard InChI is InChI=1S/C17H19NO3.C15H10O6.C12H14O4.C10H10O4.C10H10O2.C8H6O3/c19-17(18-10-4-1-5-11-18)7-3-2-6-14-8-9-15-16(12-14)21-13-20-15;16-8-3-1-7(2-4-8)15-14(20)13(19)12-10(18)5-9(17)6-11(12)21-15;1-8(2)12(13)14-6-9-3-4-10-11(5-9)16-7-15-10;1-7(11)12-5-8-2-3-9-10(4-8)14-6-13-9;1-2-3-8-4-5-9-10(6-8)12-7-11-9;9-4-6-1-2-7-8(3-6)11-5-10-7/h2-3,6-9,12H,1,4-5,10-11,13H2;1-6,16-18,20H;3-5,8H,6-7H2,1-2H3;2-4H,5-6H2,1H3;2-6H,7H2,1H3;1-4H,5H2/b6-2+,7-3+;;;;3-2+;. The lowest BCUT2D eigenvalue weighted by Gasteiger charge is -2.25. The van der Waals surface area contributed by atoms with Crippen LogP contribution in [0.2, 0.25) is 0 Å². The van der Waals surface area contributed by atoms with Crippen molar-refractivity contribution in [1.29, 1.82) is 0 Å². The number of piperidine rings is 1. The molecule has 7 aromatic carbocycles. The van der Waals surface area contributed by atoms with E-state index in [4.69, 9.17) is 61.3 Å². The molecular weight excluding hydrogens is 1230 g/mol. The molecule has 1 fully saturated rings. The first-order chi connectivity index (χ1) is 46.0. The number of rotatable bonds is 11. The molecular formula is C72H69NO22. The van der Waals surface area contributed by atoms with Gasteiger partial charge in [-0.3, -0.25) is 24.0 Å². The van der Waals surface area contributed by atoms with Crippen LogP contribution in [0.3, 0.4) is 0 Å². The van der Waals surface area contributed by atoms with E-state index in [1.807, 2.05) is 117 Å². The number of aromatic hydroxyl groups is 4. The van der Waals surface area contributed by atoms with Gasteiger partial charge in [0, 0.05) is 49.3 Å². The van der Waals surface area contributed by atoms with Crippen molar-refractivity contribution in [2.75, 3.05) is 47.1 Å². The van der Waals surface area contributed by atoms with Gasteiger partial charge in [-0.05, 0) is 139 Å². The number of nitrogens with zero attached hydrogens (tertiary/aromatic N) is 1. The Balaban J connectivity index is 0.000000136. The van der Waals surface area contributed by atoms with Crippen molar-refractivity contribution in [2.24, 2.45) is 5.92 Å². The molecule has 0 atom stereocenters. The number of phenolic OH excluding ortho intramolecular Hbond substituents is 3. The third kappa shape index (κ3) is 18.9. The Labute approximate surface area is 545 Å². The molecule has 0 aliphatic carbocycles. The number of hydrogen-bond donors (Lipinski definition) is 4. The van der Waals surface area contributed by atoms with Crippen molar-refractivity contribution in [3.05, 3.63) is 190 Å². The minimum absolute atomic E-state index is 0.0247. The van der Waals surface area contributed by atoms with E-state index < -0.39 is 16.9 Å². The first-order valence-electron chi connectivity index (χ1n) is 30.0. The van der Waals surface area contributed by atoms with Gasteiger partial charge in [0.15, 0.2) is 63.3 Å². The second-order valence-electron chi connectivity index (χ2n) is 21.5. The van der Waals surface area contributed by atoms with Crippen LogP contribution in [-0.4, -0.2) is 96.5 Å². The second kappa shape index (κ2) is 33.0. The van der Waals surface area contributed by atoms with Gasteiger partial charge in [-0.1, -0.05) is 68.5 Å². The van der Waals surface area contributed by atoms with Crippen LogP contribution in [0.1, 0.15) is 79.6 Å². The highest BCUT2D eigenvalue weighted by Crippen LogP contribution is 2.38. The topological polar surface area (TPSA) is 293 Å². The molecule has 14 rings (SSSR count). The fraction of sp³-hybridized carbons (Fsp3) is 0.236. The minimum Gasteiger partial charge on any atom is -0.508 e. The Morgan fingerprint density at radius 2 is 0.989 bits per heavy atom. The van der Waals surface area contributed by atoms with Gasteiger partial charge in [-0.2, -0.15) is 0 Å². The predicted molar refractivity (Wildman–Crippen MR) is 346 cm³/mol. The number of phenols is 3. The lowest BCUT2D eigenvalue weighted by molar-refractivity contribution is -0.148. The molecule has 1 amide bonds. The number of carbonyl (C=O) groups excluding carboxylic acids is 4. The highest BCUT2D eigenvalue weighted by Gasteiger charge is 2.21. The van der Waals surface area contributed by atoms with Crippen LogP contribution in [0.15, 0.2) is 161 Å². The van der Waals surface area contributed by atoms with Crippen molar-refractivity contribution in [1.82, 2.24) is 4.90 Å². The number of aldehydes is 1. The van der Waals surface area contributed by atoms with Gasteiger partial charge in [0.05, 0.1) is 5.92 Å². The fourth-order valence-corrected chi connectivity index (χ4v) is 9.39. The maximum atomic E-state index is 12.1. The maximum absolute atomic E-state index is 12.1. The zero-order valence-electron chi connectivity index (χ0n) is 52.3. The highest BCUT2D eigenvalue weighted by atomic mass is 16.7. The van der Waals surface area contributed by atoms with Crippen molar-refractivity contribution in [3.63, 3.8) is 0 Å². The molecule has 8 aromatic rings. The average Bonchev–Trinajstić information content (AvgIpc) is 1.70. The van der Waals surface area contributed by atoms with Gasteiger partial charge in [0.25, 0.3) is 0 Å². The summed E-state index contributed by atoms with van der Waals surface area (Å²) in [5, 5.41) is 38.1. The molecule has 23 nitrogen and oxygen atoms in total. The Morgan fingerprint density at radius 3 is 1.48 bits per heavy atom. The van der Waals surface area contributed by atoms with E-state index in [-0.39, 0.29) is 92.4 Å². The van der Waals surface area contributed by atoms with Crippen LogP contribution in [0.4, 0.5) is 0 Å². The number of carbonyl (C=O) groups is 4. The van der Waals surface area contributed by atoms with Gasteiger partial charge in [-0.25, -0.2) is 0 Å². The number of esters is 2. The number of fused-ring (bicyclic) bond motifs is 6. The van der Waals surface area contributed by atoms with E-state index in [0.717, 1.165) is 95.0 Å². The molecule has 0 spiro atoms. The van der Waals surface area contributed by atoms with Gasteiger partial charge >= 0.3 is 11.9 Å². The van der Waals surface area contributed by atoms with Crippen LogP contribution in [0.5, 0.6) is 80.5 Å². The third-order valence-corrected chi connectivity index (χ3v) is 14.2. The molecule has 6 aliphatic rings. The fourth-order valence-electron chi connectivity index (χ4n) is 9.39. The summed E-state index contributed by atoms with van der Waals surface area (Å²) in [6.07, 6.45) is 15.5. The average molecular weight is 1300 g/mol. The number of amides is 1. The summed E-state index contributed by atoms with van der Waals surface area (Å²) in [6, 6.07) is 35.6. The lowest BCUT2D eigenvalue weighted by Crippen LogP contribution is -2.34. The van der Waals surface area contributed by atoms with Crippen molar-refractivity contribution in [3.8, 4) is 91.8 Å². The molecule has 1 aromatic heterocycles. The maximum Gasteiger partial charge on any atom is 0.308 e. The SMILES string of the molecule is C/C=C/c1ccc2c(c1)OCO2.CC(=O)OCc1ccc2c(c1)OCO2.CC(C)C(=O)OCc1ccc2c(c1)OCO2.O=C(/C=C/C=C/c1ccc2c(c1)OCO2)N1CCCCC1.O=Cc1ccc2c(c1)OCO2.O=c1c(O)c(-c2ccc(O)cc2)oc2cc(O)cc(O)c12. The van der Waals surface area contributed by atoms with E-state index in [1.54, 1.807) is 36.4 Å². The minimum atomic E-state index is -0.808. The summed E-state index contributed by atoms with van der Waals surface area (Å²) in [5.74, 6) is 5.47. The normalized spacial score (nSPS) is 13.7. The largest absolute Gasteiger partial charge is 0.508 e. The number of likely N-dealkylation sites (tertiary alicyclic amines) is 1. The predicted octanol–water partition coefficient (Wildman–Crippen LogP) is 12.5. The molecule has 1 saturated heterocycles. The highest BCUT2D eigenvalue weighted by molar-refractivity contribution is 5.89. The molecule has 0 radical (unpaired) electrons. The van der Waals surface area contributed by atoms with Crippen LogP contribution < -0.4 is 52.8 Å². The van der Waals surface area contributed by atoms with Gasteiger partial charge < -0.3 is 86.6 Å². The smallest absolute Gasteiger partial charge is 0.308 e. The summed E-state index contributed by atoms with van der Waals surface area (Å²) in [6.45, 7) is 10.7. The summed E-state index contributed by atoms with van der Waals surface area (Å²) < 4.78 is 67.3. The van der Waals surface area contributed by atoms with E-state index in [2.05, 4.69) is 0 Å². The number of benzene rings is 7. The van der Waals surface area contributed by atoms with Crippen molar-refractivity contribution < 1.29 is 101 Å². The first kappa shape index (κ1) is 67.6.